The van der Waals surface area contributed by atoms with E-state index in [1.807, 2.05) is 0 Å². The number of benzene rings is 4. The van der Waals surface area contributed by atoms with Crippen molar-refractivity contribution in [3.05, 3.63) is 197 Å². The average molecular weight is 509 g/mol. The average Bonchev–Trinajstić information content (AvgIpc) is 3.04. The van der Waals surface area contributed by atoms with E-state index in [2.05, 4.69) is 158 Å². The molecule has 8 rings (SSSR count). The van der Waals surface area contributed by atoms with Gasteiger partial charge < -0.3 is 0 Å². The van der Waals surface area contributed by atoms with Crippen molar-refractivity contribution >= 4 is 5.57 Å². The van der Waals surface area contributed by atoms with Gasteiger partial charge in [0.15, 0.2) is 0 Å². The Morgan fingerprint density at radius 1 is 0.475 bits per heavy atom. The second kappa shape index (κ2) is 9.36. The Labute approximate surface area is 236 Å². The Balaban J connectivity index is 1.17. The first-order valence-corrected chi connectivity index (χ1v) is 14.1. The first kappa shape index (κ1) is 23.0. The van der Waals surface area contributed by atoms with Crippen LogP contribution in [0.2, 0.25) is 0 Å². The third kappa shape index (κ3) is 3.76. The van der Waals surface area contributed by atoms with Crippen LogP contribution in [0.15, 0.2) is 186 Å². The Hall–Kier alpha value is -4.94. The molecule has 0 heteroatoms. The molecule has 40 heavy (non-hydrogen) atoms. The topological polar surface area (TPSA) is 0 Å². The van der Waals surface area contributed by atoms with Gasteiger partial charge in [-0.3, -0.25) is 0 Å². The Morgan fingerprint density at radius 3 is 1.93 bits per heavy atom. The van der Waals surface area contributed by atoms with Crippen molar-refractivity contribution in [3.8, 4) is 22.3 Å². The predicted octanol–water partition coefficient (Wildman–Crippen LogP) is 10.0. The second-order valence-corrected chi connectivity index (χ2v) is 10.9. The molecular weight excluding hydrogens is 480 g/mol. The lowest BCUT2D eigenvalue weighted by atomic mass is 9.64. The van der Waals surface area contributed by atoms with E-state index in [4.69, 9.17) is 0 Å². The van der Waals surface area contributed by atoms with Gasteiger partial charge in [-0.15, -0.1) is 0 Å². The van der Waals surface area contributed by atoms with Crippen molar-refractivity contribution in [2.24, 2.45) is 5.92 Å². The minimum Gasteiger partial charge on any atom is -0.0720 e. The highest BCUT2D eigenvalue weighted by atomic mass is 14.4. The molecule has 0 saturated carbocycles. The van der Waals surface area contributed by atoms with Gasteiger partial charge in [0.05, 0.1) is 0 Å². The van der Waals surface area contributed by atoms with E-state index in [1.54, 1.807) is 0 Å². The standard InChI is InChI=1S/C40H28/c1-3-8-27(9-4-1)29-14-16-30(17-15-29)35-22-18-31-21-25-38-36(23-19-32-20-24-37(35)39(31)40(32)38)34-13-7-12-33(26-34)28-10-5-2-6-11-28/h1-26,35,40H. The van der Waals surface area contributed by atoms with E-state index in [0.29, 0.717) is 0 Å². The summed E-state index contributed by atoms with van der Waals surface area (Å²) >= 11 is 0. The monoisotopic (exact) mass is 508 g/mol. The molecule has 0 heterocycles. The molecule has 2 unspecified atom stereocenters. The summed E-state index contributed by atoms with van der Waals surface area (Å²) in [7, 11) is 0. The molecule has 4 aromatic rings. The van der Waals surface area contributed by atoms with Crippen LogP contribution in [0.25, 0.3) is 27.8 Å². The zero-order valence-electron chi connectivity index (χ0n) is 22.2. The summed E-state index contributed by atoms with van der Waals surface area (Å²) in [5, 5.41) is 0. The molecule has 0 aromatic heterocycles. The molecule has 0 radical (unpaired) electrons. The first-order valence-electron chi connectivity index (χ1n) is 14.1. The highest BCUT2D eigenvalue weighted by Crippen LogP contribution is 2.52. The number of allylic oxidation sites excluding steroid dienone is 14. The van der Waals surface area contributed by atoms with E-state index >= 15 is 0 Å². The molecule has 0 spiro atoms. The summed E-state index contributed by atoms with van der Waals surface area (Å²) in [6, 6.07) is 39.4. The third-order valence-electron chi connectivity index (χ3n) is 8.67. The van der Waals surface area contributed by atoms with Crippen LogP contribution in [0.3, 0.4) is 0 Å². The summed E-state index contributed by atoms with van der Waals surface area (Å²) in [4.78, 5) is 0. The van der Waals surface area contributed by atoms with Crippen molar-refractivity contribution in [2.45, 2.75) is 5.92 Å². The van der Waals surface area contributed by atoms with Crippen LogP contribution in [0.1, 0.15) is 17.0 Å². The van der Waals surface area contributed by atoms with Crippen LogP contribution < -0.4 is 0 Å². The maximum absolute atomic E-state index is 2.38. The molecule has 4 aliphatic rings. The van der Waals surface area contributed by atoms with Gasteiger partial charge in [0.2, 0.25) is 0 Å². The molecule has 0 saturated heterocycles. The fourth-order valence-corrected chi connectivity index (χ4v) is 6.70. The maximum atomic E-state index is 2.38. The molecule has 0 aliphatic heterocycles. The smallest absolute Gasteiger partial charge is 0.0355 e. The van der Waals surface area contributed by atoms with Crippen molar-refractivity contribution in [1.29, 1.82) is 0 Å². The number of rotatable bonds is 4. The third-order valence-corrected chi connectivity index (χ3v) is 8.67. The van der Waals surface area contributed by atoms with E-state index in [0.717, 1.165) is 0 Å². The lowest BCUT2D eigenvalue weighted by Crippen LogP contribution is -2.24. The fraction of sp³-hybridized carbons (Fsp3) is 0.0500. The molecule has 2 atom stereocenters. The summed E-state index contributed by atoms with van der Waals surface area (Å²) in [6.07, 6.45) is 18.8. The molecule has 0 fully saturated rings. The Kier molecular flexibility index (Phi) is 5.38. The van der Waals surface area contributed by atoms with Crippen LogP contribution >= 0.6 is 0 Å². The number of hydrogen-bond acceptors (Lipinski definition) is 0. The summed E-state index contributed by atoms with van der Waals surface area (Å²) in [5.41, 5.74) is 16.0. The highest BCUT2D eigenvalue weighted by Gasteiger charge is 2.37. The quantitative estimate of drug-likeness (QED) is 0.257. The molecular formula is C40H28. The van der Waals surface area contributed by atoms with Gasteiger partial charge in [-0.25, -0.2) is 0 Å². The van der Waals surface area contributed by atoms with Gasteiger partial charge in [0, 0.05) is 11.8 Å². The largest absolute Gasteiger partial charge is 0.0720 e. The zero-order chi connectivity index (χ0) is 26.5. The van der Waals surface area contributed by atoms with E-state index < -0.39 is 0 Å². The minimum absolute atomic E-state index is 0.255. The maximum Gasteiger partial charge on any atom is 0.0355 e. The SMILES string of the molecule is C1=CC(c2ccc(-c3ccccc3)cc2)C2=C3C1=CC=C1C(c4cccc(-c5ccccc5)c4)=CC=C(C=C2)C13. The Morgan fingerprint density at radius 2 is 1.15 bits per heavy atom. The molecule has 188 valence electrons. The summed E-state index contributed by atoms with van der Waals surface area (Å²) < 4.78 is 0. The van der Waals surface area contributed by atoms with Gasteiger partial charge in [-0.1, -0.05) is 152 Å². The molecule has 0 N–H and O–H groups in total. The lowest BCUT2D eigenvalue weighted by Gasteiger charge is -2.39. The van der Waals surface area contributed by atoms with E-state index in [1.165, 1.54) is 66.8 Å². The molecule has 0 bridgehead atoms. The van der Waals surface area contributed by atoms with Crippen molar-refractivity contribution in [2.75, 3.05) is 0 Å². The minimum atomic E-state index is 0.255. The highest BCUT2D eigenvalue weighted by molar-refractivity contribution is 5.89. The van der Waals surface area contributed by atoms with Crippen LogP contribution in [0, 0.1) is 5.92 Å². The predicted molar refractivity (Wildman–Crippen MR) is 168 cm³/mol. The zero-order valence-corrected chi connectivity index (χ0v) is 22.2. The summed E-state index contributed by atoms with van der Waals surface area (Å²) in [5.74, 6) is 0.529. The van der Waals surface area contributed by atoms with Crippen molar-refractivity contribution in [3.63, 3.8) is 0 Å². The van der Waals surface area contributed by atoms with Crippen LogP contribution in [-0.4, -0.2) is 0 Å². The first-order chi connectivity index (χ1) is 19.8. The summed E-state index contributed by atoms with van der Waals surface area (Å²) in [6.45, 7) is 0. The molecule has 0 nitrogen and oxygen atoms in total. The number of hydrogen-bond donors (Lipinski definition) is 0. The van der Waals surface area contributed by atoms with E-state index in [9.17, 15) is 0 Å². The second-order valence-electron chi connectivity index (χ2n) is 10.9. The van der Waals surface area contributed by atoms with Crippen LogP contribution in [0.4, 0.5) is 0 Å². The molecule has 4 aromatic carbocycles. The van der Waals surface area contributed by atoms with Gasteiger partial charge >= 0.3 is 0 Å². The molecule has 0 amide bonds. The van der Waals surface area contributed by atoms with Crippen LogP contribution in [0.5, 0.6) is 0 Å². The molecule has 4 aliphatic carbocycles. The fourth-order valence-electron chi connectivity index (χ4n) is 6.70. The van der Waals surface area contributed by atoms with Crippen molar-refractivity contribution in [1.82, 2.24) is 0 Å². The van der Waals surface area contributed by atoms with Gasteiger partial charge in [-0.05, 0) is 72.9 Å². The van der Waals surface area contributed by atoms with Gasteiger partial charge in [0.25, 0.3) is 0 Å². The van der Waals surface area contributed by atoms with Gasteiger partial charge in [0.1, 0.15) is 0 Å². The normalized spacial score (nSPS) is 20.3. The van der Waals surface area contributed by atoms with E-state index in [-0.39, 0.29) is 11.8 Å². The van der Waals surface area contributed by atoms with Gasteiger partial charge in [-0.2, -0.15) is 0 Å². The lowest BCUT2D eigenvalue weighted by molar-refractivity contribution is 0.818. The van der Waals surface area contributed by atoms with Crippen LogP contribution in [-0.2, 0) is 0 Å². The van der Waals surface area contributed by atoms with Crippen molar-refractivity contribution < 1.29 is 0 Å². The Bertz CT molecular complexity index is 1850.